The van der Waals surface area contributed by atoms with Gasteiger partial charge in [-0.05, 0) is 114 Å². The summed E-state index contributed by atoms with van der Waals surface area (Å²) >= 11 is 3.10. The molecule has 0 radical (unpaired) electrons. The summed E-state index contributed by atoms with van der Waals surface area (Å²) in [5, 5.41) is 43.5. The molecule has 10 heterocycles. The average molecular weight is 858 g/mol. The van der Waals surface area contributed by atoms with Gasteiger partial charge in [0.25, 0.3) is 5.69 Å². The largest absolute Gasteiger partial charge is 0.317 e. The van der Waals surface area contributed by atoms with Crippen molar-refractivity contribution in [2.75, 3.05) is 26.2 Å². The van der Waals surface area contributed by atoms with Gasteiger partial charge in [-0.25, -0.2) is 14.5 Å². The zero-order valence-electron chi connectivity index (χ0n) is 35.0. The Morgan fingerprint density at radius 2 is 1.29 bits per heavy atom. The molecule has 2 aliphatic rings. The number of piperidine rings is 2. The number of hydrogen-bond acceptors (Lipinski definition) is 11. The summed E-state index contributed by atoms with van der Waals surface area (Å²) in [5.41, 5.74) is 11.3. The van der Waals surface area contributed by atoms with Gasteiger partial charge in [-0.15, -0.1) is 4.52 Å². The van der Waals surface area contributed by atoms with Crippen LogP contribution in [0.25, 0.3) is 39.0 Å². The first-order chi connectivity index (χ1) is 30.3. The van der Waals surface area contributed by atoms with Crippen molar-refractivity contribution in [3.63, 3.8) is 0 Å². The van der Waals surface area contributed by atoms with E-state index in [9.17, 15) is 10.5 Å². The summed E-state index contributed by atoms with van der Waals surface area (Å²) in [6.45, 7) is 12.2. The highest BCUT2D eigenvalue weighted by atomic mass is 32.2. The van der Waals surface area contributed by atoms with Gasteiger partial charge >= 0.3 is 0 Å². The van der Waals surface area contributed by atoms with E-state index in [0.717, 1.165) is 133 Å². The Hall–Kier alpha value is -6.30. The Morgan fingerprint density at radius 1 is 0.677 bits per heavy atom. The minimum atomic E-state index is 0.346. The third-order valence-electron chi connectivity index (χ3n) is 12.2. The summed E-state index contributed by atoms with van der Waals surface area (Å²) in [5.74, 6) is 0. The first kappa shape index (κ1) is 39.8. The summed E-state index contributed by atoms with van der Waals surface area (Å²) in [6, 6.07) is 14.0. The van der Waals surface area contributed by atoms with Crippen molar-refractivity contribution in [3.05, 3.63) is 114 Å². The second kappa shape index (κ2) is 16.5. The van der Waals surface area contributed by atoms with Gasteiger partial charge in [0.05, 0.1) is 48.0 Å². The molecule has 310 valence electrons. The highest BCUT2D eigenvalue weighted by molar-refractivity contribution is 7.99. The predicted molar refractivity (Wildman–Crippen MR) is 238 cm³/mol. The number of fused-ring (bicyclic) bond motifs is 2. The third kappa shape index (κ3) is 7.32. The molecule has 0 atom stereocenters. The molecule has 0 aliphatic carbocycles. The maximum Gasteiger partial charge on any atom is 0.257 e. The van der Waals surface area contributed by atoms with Crippen molar-refractivity contribution >= 4 is 34.6 Å². The molecular formula is C46H45N14S2+. The van der Waals surface area contributed by atoms with Crippen molar-refractivity contribution < 1.29 is 4.68 Å². The summed E-state index contributed by atoms with van der Waals surface area (Å²) in [4.78, 5) is 11.8. The van der Waals surface area contributed by atoms with E-state index in [4.69, 9.17) is 20.2 Å². The Kier molecular flexibility index (Phi) is 10.6. The van der Waals surface area contributed by atoms with Crippen LogP contribution in [0.2, 0.25) is 0 Å². The van der Waals surface area contributed by atoms with Gasteiger partial charge in [0.1, 0.15) is 39.0 Å². The number of nitrogens with zero attached hydrogens (tertiary/aromatic N) is 12. The predicted octanol–water partition coefficient (Wildman–Crippen LogP) is 7.51. The number of aryl methyl sites for hydroxylation is 3. The van der Waals surface area contributed by atoms with Gasteiger partial charge in [0, 0.05) is 62.9 Å². The molecule has 10 rings (SSSR count). The van der Waals surface area contributed by atoms with Gasteiger partial charge < -0.3 is 10.6 Å². The Bertz CT molecular complexity index is 3090. The summed E-state index contributed by atoms with van der Waals surface area (Å²) in [6.07, 6.45) is 21.7. The molecule has 0 unspecified atom stereocenters. The molecule has 8 aromatic rings. The number of nitrogens with one attached hydrogen (secondary N) is 2. The average Bonchev–Trinajstić information content (AvgIpc) is 4.13. The van der Waals surface area contributed by atoms with Crippen LogP contribution in [0, 0.1) is 50.4 Å². The SMILES string of the molecule is Cc1cc(-[n+]2cc(C#N)c3c(Sc4nccc(C)c4C)cc(-c4cnn(C5CCNCC5)c4)cn32)c(C)nc1Sc1cc(-c2cnn(C3CCNCC3)c2)cn2ncc(C#N)c12. The molecule has 0 aromatic carbocycles. The fourth-order valence-electron chi connectivity index (χ4n) is 8.57. The van der Waals surface area contributed by atoms with Crippen LogP contribution in [0.4, 0.5) is 0 Å². The summed E-state index contributed by atoms with van der Waals surface area (Å²) < 4.78 is 10.1. The smallest absolute Gasteiger partial charge is 0.257 e. The van der Waals surface area contributed by atoms with E-state index in [2.05, 4.69) is 99.3 Å². The molecule has 2 N–H and O–H groups in total. The fourth-order valence-corrected chi connectivity index (χ4v) is 10.8. The monoisotopic (exact) mass is 857 g/mol. The van der Waals surface area contributed by atoms with Crippen LogP contribution in [-0.2, 0) is 0 Å². The lowest BCUT2D eigenvalue weighted by Crippen LogP contribution is -2.37. The molecule has 2 aliphatic heterocycles. The Balaban J connectivity index is 1.06. The van der Waals surface area contributed by atoms with Crippen LogP contribution < -0.4 is 15.3 Å². The molecule has 0 amide bonds. The third-order valence-corrected chi connectivity index (χ3v) is 14.5. The minimum absolute atomic E-state index is 0.346. The number of rotatable bonds is 9. The van der Waals surface area contributed by atoms with Crippen molar-refractivity contribution in [1.29, 1.82) is 10.5 Å². The molecule has 0 saturated carbocycles. The normalized spacial score (nSPS) is 15.1. The van der Waals surface area contributed by atoms with Gasteiger partial charge in [-0.2, -0.15) is 25.8 Å². The lowest BCUT2D eigenvalue weighted by atomic mass is 10.1. The van der Waals surface area contributed by atoms with Crippen LogP contribution in [0.5, 0.6) is 0 Å². The van der Waals surface area contributed by atoms with Crippen LogP contribution >= 0.6 is 23.5 Å². The molecule has 2 fully saturated rings. The maximum absolute atomic E-state index is 10.7. The second-order valence-corrected chi connectivity index (χ2v) is 18.3. The molecular weight excluding hydrogens is 813 g/mol. The van der Waals surface area contributed by atoms with Crippen molar-refractivity contribution in [1.82, 2.24) is 54.3 Å². The van der Waals surface area contributed by atoms with Gasteiger partial charge in [-0.3, -0.25) is 9.36 Å². The lowest BCUT2D eigenvalue weighted by molar-refractivity contribution is -0.668. The summed E-state index contributed by atoms with van der Waals surface area (Å²) in [7, 11) is 0. The minimum Gasteiger partial charge on any atom is -0.317 e. The second-order valence-electron chi connectivity index (χ2n) is 16.2. The van der Waals surface area contributed by atoms with E-state index >= 15 is 0 Å². The fraction of sp³-hybridized carbons (Fsp3) is 0.304. The van der Waals surface area contributed by atoms with Crippen molar-refractivity contribution in [3.8, 4) is 40.1 Å². The van der Waals surface area contributed by atoms with E-state index in [1.807, 2.05) is 48.7 Å². The first-order valence-electron chi connectivity index (χ1n) is 21.0. The Labute approximate surface area is 367 Å². The molecule has 8 aromatic heterocycles. The van der Waals surface area contributed by atoms with E-state index in [1.54, 1.807) is 22.5 Å². The number of hydrogen-bond donors (Lipinski definition) is 2. The van der Waals surface area contributed by atoms with E-state index < -0.39 is 0 Å². The maximum atomic E-state index is 10.7. The number of pyridine rings is 4. The van der Waals surface area contributed by atoms with Crippen molar-refractivity contribution in [2.24, 2.45) is 0 Å². The highest BCUT2D eigenvalue weighted by Gasteiger charge is 2.28. The van der Waals surface area contributed by atoms with Gasteiger partial charge in [0.15, 0.2) is 0 Å². The molecule has 62 heavy (non-hydrogen) atoms. The van der Waals surface area contributed by atoms with E-state index in [0.29, 0.717) is 23.2 Å². The highest BCUT2D eigenvalue weighted by Crippen LogP contribution is 2.39. The molecule has 16 heteroatoms. The van der Waals surface area contributed by atoms with Crippen LogP contribution in [0.3, 0.4) is 0 Å². The molecule has 0 spiro atoms. The van der Waals surface area contributed by atoms with E-state index in [1.165, 1.54) is 11.8 Å². The van der Waals surface area contributed by atoms with E-state index in [-0.39, 0.29) is 0 Å². The zero-order valence-corrected chi connectivity index (χ0v) is 36.6. The van der Waals surface area contributed by atoms with Crippen molar-refractivity contribution in [2.45, 2.75) is 85.3 Å². The molecule has 2 saturated heterocycles. The van der Waals surface area contributed by atoms with Crippen LogP contribution in [-0.4, -0.2) is 69.8 Å². The molecule has 14 nitrogen and oxygen atoms in total. The first-order valence-corrected chi connectivity index (χ1v) is 22.6. The standard InChI is InChI=1S/C46H45N14S2/c1-28-5-14-51-46(30(28)3)62-42-17-33(37-22-53-57(25-37)39-8-12-50-13-9-39)26-60-44(42)35(19-48)27-59(60)40-15-29(2)45(55-31(40)4)61-41-16-32(23-58-43(41)34(18-47)20-54-58)36-21-52-56(24-36)38-6-10-49-11-7-38/h5,14-17,20-27,38-39,49-50H,6-13H2,1-4H3/q+1. The van der Waals surface area contributed by atoms with Gasteiger partial charge in [0.2, 0.25) is 6.20 Å². The number of nitriles is 2. The quantitative estimate of drug-likeness (QED) is 0.139. The topological polar surface area (TPSA) is 159 Å². The van der Waals surface area contributed by atoms with Gasteiger partial charge in [-0.1, -0.05) is 28.2 Å². The number of aromatic nitrogens is 10. The van der Waals surface area contributed by atoms with Crippen LogP contribution in [0.1, 0.15) is 71.3 Å². The zero-order chi connectivity index (χ0) is 42.5. The Morgan fingerprint density at radius 3 is 1.94 bits per heavy atom. The molecule has 0 bridgehead atoms. The lowest BCUT2D eigenvalue weighted by Gasteiger charge is -2.22. The van der Waals surface area contributed by atoms with Crippen LogP contribution in [0.15, 0.2) is 99.9 Å².